The number of benzene rings is 3. The Morgan fingerprint density at radius 2 is 1.74 bits per heavy atom. The van der Waals surface area contributed by atoms with Gasteiger partial charge >= 0.3 is 5.97 Å². The minimum absolute atomic E-state index is 0.0288. The first kappa shape index (κ1) is 27.1. The lowest BCUT2D eigenvalue weighted by molar-refractivity contribution is 0.0691. The summed E-state index contributed by atoms with van der Waals surface area (Å²) in [5.74, 6) is 1.06. The van der Waals surface area contributed by atoms with Crippen LogP contribution < -0.4 is 4.74 Å². The maximum atomic E-state index is 11.2. The molecule has 0 atom stereocenters. The van der Waals surface area contributed by atoms with Crippen molar-refractivity contribution in [3.8, 4) is 16.9 Å². The van der Waals surface area contributed by atoms with Crippen molar-refractivity contribution in [2.24, 2.45) is 0 Å². The van der Waals surface area contributed by atoms with Crippen molar-refractivity contribution in [2.45, 2.75) is 37.0 Å². The monoisotopic (exact) mass is 578 g/mol. The van der Waals surface area contributed by atoms with Crippen LogP contribution in [-0.2, 0) is 18.8 Å². The maximum absolute atomic E-state index is 11.2. The van der Waals surface area contributed by atoms with Crippen molar-refractivity contribution in [1.29, 1.82) is 0 Å². The molecule has 0 fully saturated rings. The average molecular weight is 580 g/mol. The lowest BCUT2D eigenvalue weighted by Gasteiger charge is -2.10. The van der Waals surface area contributed by atoms with Crippen molar-refractivity contribution in [3.63, 3.8) is 0 Å². The van der Waals surface area contributed by atoms with E-state index >= 15 is 0 Å². The van der Waals surface area contributed by atoms with Gasteiger partial charge in [0, 0.05) is 22.5 Å². The number of rotatable bonds is 10. The zero-order chi connectivity index (χ0) is 27.4. The van der Waals surface area contributed by atoms with Crippen LogP contribution in [-0.4, -0.2) is 21.2 Å². The second kappa shape index (κ2) is 12.1. The van der Waals surface area contributed by atoms with Crippen LogP contribution in [0, 0.1) is 0 Å². The molecular weight excluding hydrogens is 555 g/mol. The molecule has 198 valence electrons. The number of ether oxygens (including phenoxy) is 1. The molecular formula is C30H24Cl2N2O4S. The Balaban J connectivity index is 1.29. The zero-order valence-corrected chi connectivity index (χ0v) is 23.3. The Morgan fingerprint density at radius 3 is 2.46 bits per heavy atom. The SMILES string of the molecule is CCCc1onc(CSc2c(Cl)cccc2Cl)c1COc1ccc(-c2ccc3nc(C(=O)O)ccc3c2)cc1. The van der Waals surface area contributed by atoms with E-state index in [1.165, 1.54) is 17.8 Å². The second-order valence-electron chi connectivity index (χ2n) is 8.84. The molecule has 5 aromatic rings. The van der Waals surface area contributed by atoms with Crippen LogP contribution in [0.1, 0.15) is 40.9 Å². The van der Waals surface area contributed by atoms with Crippen molar-refractivity contribution in [1.82, 2.24) is 10.1 Å². The molecule has 9 heteroatoms. The summed E-state index contributed by atoms with van der Waals surface area (Å²) < 4.78 is 11.8. The number of carbonyl (C=O) groups is 1. The minimum Gasteiger partial charge on any atom is -0.489 e. The van der Waals surface area contributed by atoms with E-state index in [4.69, 9.17) is 37.6 Å². The van der Waals surface area contributed by atoms with E-state index in [-0.39, 0.29) is 5.69 Å². The summed E-state index contributed by atoms with van der Waals surface area (Å²) in [6.45, 7) is 2.43. The molecule has 0 aliphatic carbocycles. The van der Waals surface area contributed by atoms with Crippen LogP contribution in [0.4, 0.5) is 0 Å². The Hall–Kier alpha value is -3.52. The first-order chi connectivity index (χ1) is 18.9. The molecule has 3 aromatic carbocycles. The summed E-state index contributed by atoms with van der Waals surface area (Å²) >= 11 is 14.2. The van der Waals surface area contributed by atoms with Crippen LogP contribution >= 0.6 is 35.0 Å². The van der Waals surface area contributed by atoms with E-state index < -0.39 is 5.97 Å². The highest BCUT2D eigenvalue weighted by atomic mass is 35.5. The van der Waals surface area contributed by atoms with E-state index in [1.807, 2.05) is 60.7 Å². The summed E-state index contributed by atoms with van der Waals surface area (Å²) in [6.07, 6.45) is 1.70. The van der Waals surface area contributed by atoms with Gasteiger partial charge in [0.25, 0.3) is 0 Å². The van der Waals surface area contributed by atoms with Crippen molar-refractivity contribution in [2.75, 3.05) is 0 Å². The molecule has 0 saturated carbocycles. The third-order valence-electron chi connectivity index (χ3n) is 6.18. The van der Waals surface area contributed by atoms with Gasteiger partial charge in [-0.3, -0.25) is 0 Å². The number of aromatic nitrogens is 2. The molecule has 0 spiro atoms. The quantitative estimate of drug-likeness (QED) is 0.166. The van der Waals surface area contributed by atoms with Gasteiger partial charge in [0.05, 0.1) is 21.1 Å². The summed E-state index contributed by atoms with van der Waals surface area (Å²) in [5.41, 5.74) is 4.44. The minimum atomic E-state index is -1.04. The Bertz CT molecular complexity index is 1620. The number of hydrogen-bond acceptors (Lipinski definition) is 6. The van der Waals surface area contributed by atoms with Crippen molar-refractivity contribution < 1.29 is 19.2 Å². The van der Waals surface area contributed by atoms with E-state index in [2.05, 4.69) is 17.1 Å². The normalized spacial score (nSPS) is 11.2. The lowest BCUT2D eigenvalue weighted by Crippen LogP contribution is -2.01. The Labute approximate surface area is 239 Å². The molecule has 0 bridgehead atoms. The van der Waals surface area contributed by atoms with Gasteiger partial charge in [-0.05, 0) is 60.0 Å². The van der Waals surface area contributed by atoms with Crippen LogP contribution in [0.5, 0.6) is 5.75 Å². The Kier molecular flexibility index (Phi) is 8.41. The molecule has 0 unspecified atom stereocenters. The first-order valence-corrected chi connectivity index (χ1v) is 14.1. The predicted octanol–water partition coefficient (Wildman–Crippen LogP) is 8.72. The number of aromatic carboxylic acids is 1. The number of aryl methyl sites for hydroxylation is 1. The molecule has 5 rings (SSSR count). The molecule has 2 heterocycles. The number of carboxylic acid groups (broad SMARTS) is 1. The number of thioether (sulfide) groups is 1. The second-order valence-corrected chi connectivity index (χ2v) is 10.6. The van der Waals surface area contributed by atoms with Gasteiger partial charge in [0.1, 0.15) is 29.5 Å². The smallest absolute Gasteiger partial charge is 0.354 e. The number of halogens is 2. The van der Waals surface area contributed by atoms with Gasteiger partial charge < -0.3 is 14.4 Å². The van der Waals surface area contributed by atoms with Gasteiger partial charge in [-0.15, -0.1) is 11.8 Å². The number of carboxylic acids is 1. The third kappa shape index (κ3) is 6.22. The molecule has 0 amide bonds. The zero-order valence-electron chi connectivity index (χ0n) is 21.0. The highest BCUT2D eigenvalue weighted by Crippen LogP contribution is 2.36. The van der Waals surface area contributed by atoms with Gasteiger partial charge in [0.2, 0.25) is 0 Å². The standard InChI is InChI=1S/C30H24Cl2N2O4S/c1-2-4-28-22(27(34-38-28)17-39-29-23(31)5-3-6-24(29)32)16-37-21-11-7-18(8-12-21)19-9-13-25-20(15-19)10-14-26(33-25)30(35)36/h3,5-15H,2,4,16-17H2,1H3,(H,35,36). The van der Waals surface area contributed by atoms with Crippen LogP contribution in [0.3, 0.4) is 0 Å². The van der Waals surface area contributed by atoms with Crippen LogP contribution in [0.2, 0.25) is 10.0 Å². The number of fused-ring (bicyclic) bond motifs is 1. The third-order valence-corrected chi connectivity index (χ3v) is 8.18. The Morgan fingerprint density at radius 1 is 1.00 bits per heavy atom. The molecule has 0 radical (unpaired) electrons. The fourth-order valence-electron chi connectivity index (χ4n) is 4.17. The maximum Gasteiger partial charge on any atom is 0.354 e. The fourth-order valence-corrected chi connectivity index (χ4v) is 5.81. The number of nitrogens with zero attached hydrogens (tertiary/aromatic N) is 2. The lowest BCUT2D eigenvalue weighted by atomic mass is 10.0. The average Bonchev–Trinajstić information content (AvgIpc) is 3.32. The highest BCUT2D eigenvalue weighted by Gasteiger charge is 2.18. The molecule has 0 aliphatic rings. The number of pyridine rings is 1. The molecule has 0 saturated heterocycles. The van der Waals surface area contributed by atoms with E-state index in [9.17, 15) is 4.79 Å². The topological polar surface area (TPSA) is 85.5 Å². The largest absolute Gasteiger partial charge is 0.489 e. The summed E-state index contributed by atoms with van der Waals surface area (Å²) in [6, 6.07) is 22.3. The van der Waals surface area contributed by atoms with Gasteiger partial charge in [-0.2, -0.15) is 0 Å². The van der Waals surface area contributed by atoms with Gasteiger partial charge in [0.15, 0.2) is 0 Å². The molecule has 6 nitrogen and oxygen atoms in total. The molecule has 39 heavy (non-hydrogen) atoms. The summed E-state index contributed by atoms with van der Waals surface area (Å²) in [7, 11) is 0. The summed E-state index contributed by atoms with van der Waals surface area (Å²) in [4.78, 5) is 16.2. The van der Waals surface area contributed by atoms with Crippen LogP contribution in [0.25, 0.3) is 22.0 Å². The number of hydrogen-bond donors (Lipinski definition) is 1. The van der Waals surface area contributed by atoms with Crippen molar-refractivity contribution in [3.05, 3.63) is 106 Å². The first-order valence-electron chi connectivity index (χ1n) is 12.3. The van der Waals surface area contributed by atoms with Crippen molar-refractivity contribution >= 4 is 51.8 Å². The van der Waals surface area contributed by atoms with E-state index in [0.29, 0.717) is 27.9 Å². The van der Waals surface area contributed by atoms with E-state index in [1.54, 1.807) is 6.07 Å². The van der Waals surface area contributed by atoms with E-state index in [0.717, 1.165) is 57.0 Å². The fraction of sp³-hybridized carbons (Fsp3) is 0.167. The highest BCUT2D eigenvalue weighted by molar-refractivity contribution is 7.98. The van der Waals surface area contributed by atoms with Gasteiger partial charge in [-0.1, -0.05) is 65.6 Å². The molecule has 2 aromatic heterocycles. The van der Waals surface area contributed by atoms with Gasteiger partial charge in [-0.25, -0.2) is 9.78 Å². The van der Waals surface area contributed by atoms with Crippen LogP contribution in [0.15, 0.2) is 82.2 Å². The molecule has 1 N–H and O–H groups in total. The summed E-state index contributed by atoms with van der Waals surface area (Å²) in [5, 5.41) is 15.6. The molecule has 0 aliphatic heterocycles. The predicted molar refractivity (Wildman–Crippen MR) is 155 cm³/mol.